The first-order valence-corrected chi connectivity index (χ1v) is 9.03. The Labute approximate surface area is 142 Å². The monoisotopic (exact) mass is 338 g/mol. The summed E-state index contributed by atoms with van der Waals surface area (Å²) in [5.74, 6) is 0.466. The van der Waals surface area contributed by atoms with Gasteiger partial charge in [0.25, 0.3) is 0 Å². The molecule has 1 atom stereocenters. The highest BCUT2D eigenvalue weighted by atomic mass is 32.1. The molecule has 2 heterocycles. The van der Waals surface area contributed by atoms with Crippen LogP contribution in [0.25, 0.3) is 0 Å². The van der Waals surface area contributed by atoms with Crippen LogP contribution in [0.2, 0.25) is 0 Å². The molecule has 128 valence electrons. The molecule has 0 saturated carbocycles. The summed E-state index contributed by atoms with van der Waals surface area (Å²) in [5.41, 5.74) is 0.591. The van der Waals surface area contributed by atoms with Gasteiger partial charge < -0.3 is 15.0 Å². The highest BCUT2D eigenvalue weighted by molar-refractivity contribution is 7.07. The minimum absolute atomic E-state index is 0.172. The fourth-order valence-electron chi connectivity index (χ4n) is 2.68. The molecule has 1 aromatic heterocycles. The predicted molar refractivity (Wildman–Crippen MR) is 91.6 cm³/mol. The van der Waals surface area contributed by atoms with Crippen LogP contribution in [0.5, 0.6) is 0 Å². The zero-order valence-electron chi connectivity index (χ0n) is 14.1. The van der Waals surface area contributed by atoms with Crippen molar-refractivity contribution >= 4 is 23.3 Å². The summed E-state index contributed by atoms with van der Waals surface area (Å²) in [6.45, 7) is 7.61. The molecule has 2 amide bonds. The van der Waals surface area contributed by atoms with E-state index >= 15 is 0 Å². The lowest BCUT2D eigenvalue weighted by atomic mass is 9.97. The maximum atomic E-state index is 12.4. The summed E-state index contributed by atoms with van der Waals surface area (Å²) in [7, 11) is 0. The lowest BCUT2D eigenvalue weighted by Crippen LogP contribution is -2.44. The summed E-state index contributed by atoms with van der Waals surface area (Å²) in [4.78, 5) is 26.0. The SMILES string of the molecule is CC(C)(C)OC(=O)NC[C@@H]1CCCN(C(=O)Cc2ccsc2)C1. The van der Waals surface area contributed by atoms with Crippen LogP contribution < -0.4 is 5.32 Å². The molecule has 0 aliphatic carbocycles. The Morgan fingerprint density at radius 1 is 1.43 bits per heavy atom. The van der Waals surface area contributed by atoms with Crippen LogP contribution in [0, 0.1) is 5.92 Å². The summed E-state index contributed by atoms with van der Waals surface area (Å²) < 4.78 is 5.24. The number of nitrogens with zero attached hydrogens (tertiary/aromatic N) is 1. The summed E-state index contributed by atoms with van der Waals surface area (Å²) in [6, 6.07) is 1.99. The highest BCUT2D eigenvalue weighted by Gasteiger charge is 2.25. The van der Waals surface area contributed by atoms with E-state index in [1.807, 2.05) is 42.5 Å². The number of amides is 2. The molecule has 5 nitrogen and oxygen atoms in total. The number of piperidine rings is 1. The number of nitrogens with one attached hydrogen (secondary N) is 1. The lowest BCUT2D eigenvalue weighted by molar-refractivity contribution is -0.132. The molecule has 0 radical (unpaired) electrons. The van der Waals surface area contributed by atoms with Gasteiger partial charge in [-0.15, -0.1) is 0 Å². The Hall–Kier alpha value is -1.56. The first-order valence-electron chi connectivity index (χ1n) is 8.09. The number of hydrogen-bond donors (Lipinski definition) is 1. The molecule has 0 spiro atoms. The Morgan fingerprint density at radius 3 is 2.87 bits per heavy atom. The van der Waals surface area contributed by atoms with Crippen LogP contribution in [0.15, 0.2) is 16.8 Å². The summed E-state index contributed by atoms with van der Waals surface area (Å²) in [6.07, 6.45) is 2.09. The maximum Gasteiger partial charge on any atom is 0.407 e. The third-order valence-electron chi connectivity index (χ3n) is 3.74. The van der Waals surface area contributed by atoms with Crippen molar-refractivity contribution in [2.24, 2.45) is 5.92 Å². The number of likely N-dealkylation sites (tertiary alicyclic amines) is 1. The van der Waals surface area contributed by atoms with Crippen molar-refractivity contribution < 1.29 is 14.3 Å². The molecule has 1 fully saturated rings. The topological polar surface area (TPSA) is 58.6 Å². The lowest BCUT2D eigenvalue weighted by Gasteiger charge is -2.33. The van der Waals surface area contributed by atoms with Gasteiger partial charge in [0.2, 0.25) is 5.91 Å². The van der Waals surface area contributed by atoms with E-state index in [0.717, 1.165) is 24.9 Å². The first kappa shape index (κ1) is 17.8. The average molecular weight is 338 g/mol. The molecule has 23 heavy (non-hydrogen) atoms. The van der Waals surface area contributed by atoms with Crippen LogP contribution in [-0.4, -0.2) is 42.1 Å². The molecule has 0 unspecified atom stereocenters. The smallest absolute Gasteiger partial charge is 0.407 e. The number of rotatable bonds is 4. The first-order chi connectivity index (χ1) is 10.8. The quantitative estimate of drug-likeness (QED) is 0.918. The second-order valence-corrected chi connectivity index (χ2v) is 7.82. The molecular formula is C17H26N2O3S. The normalized spacial score (nSPS) is 18.6. The van der Waals surface area contributed by atoms with Crippen molar-refractivity contribution in [1.82, 2.24) is 10.2 Å². The van der Waals surface area contributed by atoms with Crippen molar-refractivity contribution in [2.75, 3.05) is 19.6 Å². The van der Waals surface area contributed by atoms with Gasteiger partial charge in [-0.3, -0.25) is 4.79 Å². The molecule has 0 aromatic carbocycles. The number of carbonyl (C=O) groups is 2. The molecular weight excluding hydrogens is 312 g/mol. The third kappa shape index (κ3) is 6.22. The second kappa shape index (κ2) is 7.81. The number of hydrogen-bond acceptors (Lipinski definition) is 4. The molecule has 6 heteroatoms. The summed E-state index contributed by atoms with van der Waals surface area (Å²) in [5, 5.41) is 6.83. The van der Waals surface area contributed by atoms with Crippen LogP contribution >= 0.6 is 11.3 Å². The molecule has 1 aliphatic heterocycles. The summed E-state index contributed by atoms with van der Waals surface area (Å²) >= 11 is 1.61. The molecule has 2 rings (SSSR count). The van der Waals surface area contributed by atoms with Gasteiger partial charge in [0.05, 0.1) is 6.42 Å². The number of ether oxygens (including phenoxy) is 1. The van der Waals surface area contributed by atoms with Gasteiger partial charge in [-0.1, -0.05) is 0 Å². The van der Waals surface area contributed by atoms with E-state index in [1.54, 1.807) is 11.3 Å². The highest BCUT2D eigenvalue weighted by Crippen LogP contribution is 2.18. The van der Waals surface area contributed by atoms with Crippen LogP contribution in [0.4, 0.5) is 4.79 Å². The van der Waals surface area contributed by atoms with Crippen molar-refractivity contribution in [3.05, 3.63) is 22.4 Å². The van der Waals surface area contributed by atoms with Gasteiger partial charge in [-0.2, -0.15) is 11.3 Å². The Kier molecular flexibility index (Phi) is 6.04. The zero-order valence-corrected chi connectivity index (χ0v) is 14.9. The van der Waals surface area contributed by atoms with Crippen LogP contribution in [0.1, 0.15) is 39.2 Å². The van der Waals surface area contributed by atoms with E-state index in [4.69, 9.17) is 4.74 Å². The second-order valence-electron chi connectivity index (χ2n) is 7.04. The Balaban J connectivity index is 1.77. The minimum atomic E-state index is -0.487. The number of thiophene rings is 1. The molecule has 1 N–H and O–H groups in total. The van der Waals surface area contributed by atoms with E-state index in [9.17, 15) is 9.59 Å². The fourth-order valence-corrected chi connectivity index (χ4v) is 3.35. The van der Waals surface area contributed by atoms with E-state index in [-0.39, 0.29) is 12.0 Å². The average Bonchev–Trinajstić information content (AvgIpc) is 2.96. The maximum absolute atomic E-state index is 12.4. The predicted octanol–water partition coefficient (Wildman–Crippen LogP) is 3.05. The van der Waals surface area contributed by atoms with Gasteiger partial charge in [-0.25, -0.2) is 4.79 Å². The minimum Gasteiger partial charge on any atom is -0.444 e. The largest absolute Gasteiger partial charge is 0.444 e. The van der Waals surface area contributed by atoms with Crippen LogP contribution in [0.3, 0.4) is 0 Å². The van der Waals surface area contributed by atoms with Gasteiger partial charge in [0.1, 0.15) is 5.60 Å². The molecule has 0 bridgehead atoms. The zero-order chi connectivity index (χ0) is 16.9. The van der Waals surface area contributed by atoms with Gasteiger partial charge in [0.15, 0.2) is 0 Å². The fraction of sp³-hybridized carbons (Fsp3) is 0.647. The standard InChI is InChI=1S/C17H26N2O3S/c1-17(2,3)22-16(21)18-10-14-5-4-7-19(11-14)15(20)9-13-6-8-23-12-13/h6,8,12,14H,4-5,7,9-11H2,1-3H3,(H,18,21)/t14-/m0/s1. The van der Waals surface area contributed by atoms with Crippen molar-refractivity contribution in [3.63, 3.8) is 0 Å². The molecule has 1 aliphatic rings. The van der Waals surface area contributed by atoms with Crippen molar-refractivity contribution in [1.29, 1.82) is 0 Å². The van der Waals surface area contributed by atoms with Crippen molar-refractivity contribution in [2.45, 2.75) is 45.6 Å². The Morgan fingerprint density at radius 2 is 2.22 bits per heavy atom. The number of alkyl carbamates (subject to hydrolysis) is 1. The van der Waals surface area contributed by atoms with Crippen LogP contribution in [-0.2, 0) is 16.0 Å². The van der Waals surface area contributed by atoms with E-state index < -0.39 is 5.60 Å². The van der Waals surface area contributed by atoms with Gasteiger partial charge in [0, 0.05) is 19.6 Å². The number of carbonyl (C=O) groups excluding carboxylic acids is 2. The molecule has 1 saturated heterocycles. The van der Waals surface area contributed by atoms with Gasteiger partial charge in [-0.05, 0) is 61.9 Å². The van der Waals surface area contributed by atoms with E-state index in [1.165, 1.54) is 0 Å². The Bertz CT molecular complexity index is 522. The van der Waals surface area contributed by atoms with E-state index in [2.05, 4.69) is 5.32 Å². The van der Waals surface area contributed by atoms with Crippen molar-refractivity contribution in [3.8, 4) is 0 Å². The third-order valence-corrected chi connectivity index (χ3v) is 4.47. The van der Waals surface area contributed by atoms with E-state index in [0.29, 0.717) is 25.4 Å². The molecule has 1 aromatic rings. The van der Waals surface area contributed by atoms with Gasteiger partial charge >= 0.3 is 6.09 Å².